The van der Waals surface area contributed by atoms with E-state index in [1.165, 1.54) is 16.5 Å². The van der Waals surface area contributed by atoms with E-state index in [-0.39, 0.29) is 16.8 Å². The van der Waals surface area contributed by atoms with Crippen LogP contribution in [0.15, 0.2) is 42.5 Å². The van der Waals surface area contributed by atoms with Crippen LogP contribution in [0.3, 0.4) is 0 Å². The molecule has 1 aromatic carbocycles. The number of hydrogen-bond acceptors (Lipinski definition) is 3. The average molecular weight is 356 g/mol. The van der Waals surface area contributed by atoms with Crippen molar-refractivity contribution in [3.8, 4) is 0 Å². The highest BCUT2D eigenvalue weighted by molar-refractivity contribution is 6.30. The van der Waals surface area contributed by atoms with Crippen molar-refractivity contribution in [2.75, 3.05) is 10.6 Å². The first-order valence-corrected chi connectivity index (χ1v) is 6.97. The summed E-state index contributed by atoms with van der Waals surface area (Å²) < 4.78 is 39.4. The van der Waals surface area contributed by atoms with Gasteiger partial charge in [-0.15, -0.1) is 10.2 Å². The molecule has 3 rings (SSSR count). The van der Waals surface area contributed by atoms with Gasteiger partial charge in [-0.25, -0.2) is 4.79 Å². The highest BCUT2D eigenvalue weighted by atomic mass is 35.5. The maximum atomic E-state index is 12.7. The molecule has 2 N–H and O–H groups in total. The van der Waals surface area contributed by atoms with Crippen molar-refractivity contribution in [2.24, 2.45) is 0 Å². The first-order valence-electron chi connectivity index (χ1n) is 6.59. The van der Waals surface area contributed by atoms with E-state index in [9.17, 15) is 18.0 Å². The van der Waals surface area contributed by atoms with Crippen molar-refractivity contribution in [1.29, 1.82) is 0 Å². The Labute approximate surface area is 138 Å². The molecular formula is C14H9ClF3N5O. The lowest BCUT2D eigenvalue weighted by molar-refractivity contribution is -0.137. The average Bonchev–Trinajstić information content (AvgIpc) is 2.91. The van der Waals surface area contributed by atoms with Gasteiger partial charge in [-0.3, -0.25) is 9.72 Å². The number of benzene rings is 1. The maximum Gasteiger partial charge on any atom is 0.416 e. The Kier molecular flexibility index (Phi) is 4.02. The van der Waals surface area contributed by atoms with Crippen LogP contribution in [0, 0.1) is 0 Å². The Balaban J connectivity index is 1.78. The lowest BCUT2D eigenvalue weighted by Gasteiger charge is -2.10. The molecule has 0 spiro atoms. The second kappa shape index (κ2) is 6.00. The van der Waals surface area contributed by atoms with Crippen molar-refractivity contribution in [3.05, 3.63) is 53.2 Å². The molecule has 6 nitrogen and oxygen atoms in total. The quantitative estimate of drug-likeness (QED) is 0.681. The maximum absolute atomic E-state index is 12.7. The van der Waals surface area contributed by atoms with Gasteiger partial charge in [0.15, 0.2) is 5.65 Å². The largest absolute Gasteiger partial charge is 0.416 e. The number of carbonyl (C=O) groups is 1. The van der Waals surface area contributed by atoms with Gasteiger partial charge in [0.2, 0.25) is 5.95 Å². The van der Waals surface area contributed by atoms with Crippen LogP contribution in [0.25, 0.3) is 5.65 Å². The molecule has 2 amide bonds. The number of alkyl halides is 3. The van der Waals surface area contributed by atoms with Crippen LogP contribution in [-0.4, -0.2) is 20.6 Å². The summed E-state index contributed by atoms with van der Waals surface area (Å²) in [5, 5.41) is 12.6. The van der Waals surface area contributed by atoms with E-state index in [0.29, 0.717) is 5.65 Å². The van der Waals surface area contributed by atoms with Gasteiger partial charge >= 0.3 is 12.2 Å². The molecule has 2 heterocycles. The molecular weight excluding hydrogens is 347 g/mol. The second-order valence-corrected chi connectivity index (χ2v) is 5.11. The molecule has 0 aliphatic carbocycles. The third kappa shape index (κ3) is 3.25. The van der Waals surface area contributed by atoms with E-state index >= 15 is 0 Å². The predicted octanol–water partition coefficient (Wildman–Crippen LogP) is 4.05. The zero-order valence-electron chi connectivity index (χ0n) is 11.8. The monoisotopic (exact) mass is 355 g/mol. The van der Waals surface area contributed by atoms with Gasteiger partial charge < -0.3 is 5.32 Å². The summed E-state index contributed by atoms with van der Waals surface area (Å²) in [6, 6.07) is 8.37. The number of urea groups is 1. The number of rotatable bonds is 2. The summed E-state index contributed by atoms with van der Waals surface area (Å²) in [7, 11) is 0. The Bertz CT molecular complexity index is 909. The fourth-order valence-electron chi connectivity index (χ4n) is 2.02. The van der Waals surface area contributed by atoms with E-state index in [0.717, 1.165) is 12.1 Å². The molecule has 0 atom stereocenters. The van der Waals surface area contributed by atoms with Crippen LogP contribution in [0.2, 0.25) is 5.15 Å². The number of halogens is 4. The summed E-state index contributed by atoms with van der Waals surface area (Å²) in [5.41, 5.74) is -0.463. The number of aromatic nitrogens is 3. The summed E-state index contributed by atoms with van der Waals surface area (Å²) in [5.74, 6) is 0.0417. The number of fused-ring (bicyclic) bond motifs is 1. The second-order valence-electron chi connectivity index (χ2n) is 4.72. The third-order valence-corrected chi connectivity index (χ3v) is 3.35. The normalized spacial score (nSPS) is 11.5. The standard InChI is InChI=1S/C14H9ClF3N5O/c15-10-5-2-6-11-21-22-12(23(10)11)20-13(24)19-9-4-1-3-8(7-9)14(16,17)18/h1-7H,(H2,19,20,22,24). The van der Waals surface area contributed by atoms with E-state index in [4.69, 9.17) is 11.6 Å². The van der Waals surface area contributed by atoms with E-state index < -0.39 is 17.8 Å². The van der Waals surface area contributed by atoms with Gasteiger partial charge in [0, 0.05) is 5.69 Å². The van der Waals surface area contributed by atoms with Gasteiger partial charge in [0.25, 0.3) is 0 Å². The van der Waals surface area contributed by atoms with Crippen molar-refractivity contribution >= 4 is 34.9 Å². The van der Waals surface area contributed by atoms with E-state index in [2.05, 4.69) is 20.8 Å². The van der Waals surface area contributed by atoms with Crippen molar-refractivity contribution in [3.63, 3.8) is 0 Å². The molecule has 24 heavy (non-hydrogen) atoms. The van der Waals surface area contributed by atoms with Gasteiger partial charge in [-0.2, -0.15) is 13.2 Å². The Morgan fingerprint density at radius 3 is 2.58 bits per heavy atom. The van der Waals surface area contributed by atoms with Crippen molar-refractivity contribution in [1.82, 2.24) is 14.6 Å². The lowest BCUT2D eigenvalue weighted by atomic mass is 10.2. The number of nitrogens with zero attached hydrogens (tertiary/aromatic N) is 3. The zero-order valence-corrected chi connectivity index (χ0v) is 12.6. The summed E-state index contributed by atoms with van der Waals surface area (Å²) >= 11 is 6.00. The minimum absolute atomic E-state index is 0.0118. The van der Waals surface area contributed by atoms with Crippen LogP contribution in [-0.2, 0) is 6.18 Å². The number of pyridine rings is 1. The van der Waals surface area contributed by atoms with Crippen LogP contribution in [0.1, 0.15) is 5.56 Å². The molecule has 0 bridgehead atoms. The molecule has 0 unspecified atom stereocenters. The number of anilines is 2. The molecule has 0 saturated heterocycles. The number of amides is 2. The van der Waals surface area contributed by atoms with Crippen LogP contribution < -0.4 is 10.6 Å². The first-order chi connectivity index (χ1) is 11.3. The number of nitrogens with one attached hydrogen (secondary N) is 2. The zero-order chi connectivity index (χ0) is 17.3. The summed E-state index contributed by atoms with van der Waals surface area (Å²) in [6.45, 7) is 0. The third-order valence-electron chi connectivity index (χ3n) is 3.05. The Morgan fingerprint density at radius 1 is 1.08 bits per heavy atom. The highest BCUT2D eigenvalue weighted by Gasteiger charge is 2.30. The molecule has 0 aliphatic heterocycles. The van der Waals surface area contributed by atoms with Gasteiger partial charge in [0.05, 0.1) is 5.56 Å². The van der Waals surface area contributed by atoms with Crippen LogP contribution >= 0.6 is 11.6 Å². The summed E-state index contributed by atoms with van der Waals surface area (Å²) in [4.78, 5) is 12.0. The summed E-state index contributed by atoms with van der Waals surface area (Å²) in [6.07, 6.45) is -4.50. The van der Waals surface area contributed by atoms with Gasteiger partial charge in [0.1, 0.15) is 5.15 Å². The minimum Gasteiger partial charge on any atom is -0.308 e. The minimum atomic E-state index is -4.50. The predicted molar refractivity (Wildman–Crippen MR) is 82.1 cm³/mol. The Morgan fingerprint density at radius 2 is 1.83 bits per heavy atom. The van der Waals surface area contributed by atoms with Gasteiger partial charge in [-0.1, -0.05) is 23.7 Å². The molecule has 0 fully saturated rings. The molecule has 0 radical (unpaired) electrons. The Hall–Kier alpha value is -2.81. The van der Waals surface area contributed by atoms with Gasteiger partial charge in [-0.05, 0) is 30.3 Å². The molecule has 0 aliphatic rings. The smallest absolute Gasteiger partial charge is 0.308 e. The van der Waals surface area contributed by atoms with Crippen molar-refractivity contribution in [2.45, 2.75) is 6.18 Å². The molecule has 124 valence electrons. The van der Waals surface area contributed by atoms with Crippen LogP contribution in [0.5, 0.6) is 0 Å². The van der Waals surface area contributed by atoms with E-state index in [1.54, 1.807) is 18.2 Å². The lowest BCUT2D eigenvalue weighted by Crippen LogP contribution is -2.21. The first kappa shape index (κ1) is 16.1. The van der Waals surface area contributed by atoms with E-state index in [1.807, 2.05) is 0 Å². The SMILES string of the molecule is O=C(Nc1cccc(C(F)(F)F)c1)Nc1nnc2cccc(Cl)n12. The fraction of sp³-hybridized carbons (Fsp3) is 0.0714. The fourth-order valence-corrected chi connectivity index (χ4v) is 2.26. The molecule has 2 aromatic heterocycles. The molecule has 3 aromatic rings. The van der Waals surface area contributed by atoms with Crippen LogP contribution in [0.4, 0.5) is 29.6 Å². The topological polar surface area (TPSA) is 71.3 Å². The molecule has 0 saturated carbocycles. The molecule has 10 heteroatoms. The highest BCUT2D eigenvalue weighted by Crippen LogP contribution is 2.30. The van der Waals surface area contributed by atoms with Crippen molar-refractivity contribution < 1.29 is 18.0 Å². The number of hydrogen-bond donors (Lipinski definition) is 2. The number of carbonyl (C=O) groups excluding carboxylic acids is 1.